The number of hydrogen-bond donors (Lipinski definition) is 1. The fourth-order valence-corrected chi connectivity index (χ4v) is 3.02. The molecule has 26 heavy (non-hydrogen) atoms. The zero-order valence-electron chi connectivity index (χ0n) is 13.2. The second kappa shape index (κ2) is 7.16. The van der Waals surface area contributed by atoms with Crippen LogP contribution in [0.25, 0.3) is 11.1 Å². The van der Waals surface area contributed by atoms with Gasteiger partial charge in [-0.1, -0.05) is 29.3 Å². The molecule has 0 aliphatic rings. The minimum absolute atomic E-state index is 0.162. The molecule has 1 N–H and O–H groups in total. The Kier molecular flexibility index (Phi) is 5.69. The van der Waals surface area contributed by atoms with Crippen molar-refractivity contribution in [1.82, 2.24) is 9.97 Å². The molecule has 0 radical (unpaired) electrons. The van der Waals surface area contributed by atoms with Crippen LogP contribution in [-0.4, -0.2) is 36.9 Å². The summed E-state index contributed by atoms with van der Waals surface area (Å²) in [5, 5.41) is 0.470. The molecule has 0 amide bonds. The minimum atomic E-state index is -4.68. The topological polar surface area (TPSA) is 72.0 Å². The van der Waals surface area contributed by atoms with Crippen LogP contribution in [-0.2, 0) is 9.84 Å². The Balaban J connectivity index is 2.78. The van der Waals surface area contributed by atoms with Gasteiger partial charge in [0, 0.05) is 11.8 Å². The number of benzene rings is 1. The summed E-state index contributed by atoms with van der Waals surface area (Å²) in [7, 11) is -3.99. The Morgan fingerprint density at radius 2 is 1.77 bits per heavy atom. The Morgan fingerprint density at radius 3 is 2.27 bits per heavy atom. The molecule has 1 unspecified atom stereocenters. The van der Waals surface area contributed by atoms with Crippen LogP contribution in [0.15, 0.2) is 23.4 Å². The number of nitrogens with zero attached hydrogens (tertiary/aromatic N) is 2. The lowest BCUT2D eigenvalue weighted by molar-refractivity contribution is -0.138. The van der Waals surface area contributed by atoms with E-state index >= 15 is 0 Å². The highest BCUT2D eigenvalue weighted by Gasteiger charge is 2.37. The van der Waals surface area contributed by atoms with E-state index < -0.39 is 44.0 Å². The summed E-state index contributed by atoms with van der Waals surface area (Å²) < 4.78 is 76.3. The number of sulfone groups is 1. The zero-order chi connectivity index (χ0) is 19.9. The molecule has 0 saturated carbocycles. The van der Waals surface area contributed by atoms with Crippen LogP contribution < -0.4 is 5.32 Å². The van der Waals surface area contributed by atoms with Crippen molar-refractivity contribution in [3.63, 3.8) is 0 Å². The molecule has 0 fully saturated rings. The molecule has 5 nitrogen and oxygen atoms in total. The largest absolute Gasteiger partial charge is 0.408 e. The van der Waals surface area contributed by atoms with Crippen molar-refractivity contribution in [3.8, 4) is 11.1 Å². The number of aromatic nitrogens is 2. The van der Waals surface area contributed by atoms with Gasteiger partial charge in [0.1, 0.15) is 22.8 Å². The third-order valence-corrected chi connectivity index (χ3v) is 4.67. The smallest absolute Gasteiger partial charge is 0.358 e. The molecular formula is C14H11Cl2F4N3O2S. The first-order valence-corrected chi connectivity index (χ1v) is 9.52. The molecule has 2 aromatic rings. The first kappa shape index (κ1) is 20.7. The normalized spacial score (nSPS) is 13.5. The summed E-state index contributed by atoms with van der Waals surface area (Å²) in [5.41, 5.74) is -0.727. The number of halogens is 6. The van der Waals surface area contributed by atoms with Gasteiger partial charge in [0.25, 0.3) is 0 Å². The second-order valence-corrected chi connectivity index (χ2v) is 7.97. The van der Waals surface area contributed by atoms with Gasteiger partial charge in [0.2, 0.25) is 15.0 Å². The molecule has 2 rings (SSSR count). The average molecular weight is 432 g/mol. The maximum Gasteiger partial charge on any atom is 0.408 e. The number of anilines is 1. The van der Waals surface area contributed by atoms with Gasteiger partial charge in [-0.05, 0) is 19.1 Å². The van der Waals surface area contributed by atoms with Crippen molar-refractivity contribution in [2.75, 3.05) is 11.6 Å². The number of nitrogens with one attached hydrogen (secondary N) is 1. The lowest BCUT2D eigenvalue weighted by Gasteiger charge is -2.21. The SMILES string of the molecule is CC(Nc1nc(S(C)(=O)=O)nc(Cl)c1-c1c(F)cccc1Cl)C(F)(F)F. The van der Waals surface area contributed by atoms with E-state index in [1.165, 1.54) is 12.1 Å². The van der Waals surface area contributed by atoms with Crippen molar-refractivity contribution in [3.05, 3.63) is 34.2 Å². The van der Waals surface area contributed by atoms with Crippen LogP contribution >= 0.6 is 23.2 Å². The number of alkyl halides is 3. The quantitative estimate of drug-likeness (QED) is 0.442. The number of rotatable bonds is 4. The lowest BCUT2D eigenvalue weighted by Crippen LogP contribution is -2.34. The van der Waals surface area contributed by atoms with Crippen molar-refractivity contribution in [2.24, 2.45) is 0 Å². The van der Waals surface area contributed by atoms with E-state index in [1.807, 2.05) is 5.32 Å². The monoisotopic (exact) mass is 431 g/mol. The Bertz CT molecular complexity index is 932. The Hall–Kier alpha value is -1.65. The van der Waals surface area contributed by atoms with E-state index in [-0.39, 0.29) is 16.1 Å². The summed E-state index contributed by atoms with van der Waals surface area (Å²) >= 11 is 11.9. The third-order valence-electron chi connectivity index (χ3n) is 3.23. The fraction of sp³-hybridized carbons (Fsp3) is 0.286. The van der Waals surface area contributed by atoms with E-state index in [0.717, 1.165) is 19.2 Å². The molecule has 1 heterocycles. The fourth-order valence-electron chi connectivity index (χ4n) is 1.93. The molecule has 1 aromatic carbocycles. The van der Waals surface area contributed by atoms with Crippen LogP contribution in [0.5, 0.6) is 0 Å². The zero-order valence-corrected chi connectivity index (χ0v) is 15.5. The Labute approximate surface area is 156 Å². The first-order chi connectivity index (χ1) is 11.8. The van der Waals surface area contributed by atoms with Gasteiger partial charge < -0.3 is 5.32 Å². The van der Waals surface area contributed by atoms with Gasteiger partial charge in [-0.2, -0.15) is 13.2 Å². The molecule has 142 valence electrons. The van der Waals surface area contributed by atoms with E-state index in [0.29, 0.717) is 0 Å². The molecule has 0 bridgehead atoms. The van der Waals surface area contributed by atoms with Crippen molar-refractivity contribution in [2.45, 2.75) is 24.3 Å². The van der Waals surface area contributed by atoms with E-state index in [1.54, 1.807) is 0 Å². The van der Waals surface area contributed by atoms with Crippen molar-refractivity contribution >= 4 is 38.9 Å². The summed E-state index contributed by atoms with van der Waals surface area (Å²) in [5.74, 6) is -1.50. The highest BCUT2D eigenvalue weighted by Crippen LogP contribution is 2.40. The van der Waals surface area contributed by atoms with Crippen LogP contribution in [0.3, 0.4) is 0 Å². The highest BCUT2D eigenvalue weighted by atomic mass is 35.5. The van der Waals surface area contributed by atoms with Gasteiger partial charge in [-0.15, -0.1) is 0 Å². The predicted molar refractivity (Wildman–Crippen MR) is 89.7 cm³/mol. The lowest BCUT2D eigenvalue weighted by atomic mass is 10.1. The average Bonchev–Trinajstić information content (AvgIpc) is 2.47. The maximum atomic E-state index is 14.2. The van der Waals surface area contributed by atoms with Crippen LogP contribution in [0, 0.1) is 5.82 Å². The summed E-state index contributed by atoms with van der Waals surface area (Å²) in [6.45, 7) is 0.781. The summed E-state index contributed by atoms with van der Waals surface area (Å²) in [4.78, 5) is 7.15. The van der Waals surface area contributed by atoms with Crippen LogP contribution in [0.4, 0.5) is 23.4 Å². The van der Waals surface area contributed by atoms with Gasteiger partial charge in [-0.25, -0.2) is 22.8 Å². The molecule has 0 spiro atoms. The molecule has 0 saturated heterocycles. The maximum absolute atomic E-state index is 14.2. The highest BCUT2D eigenvalue weighted by molar-refractivity contribution is 7.90. The standard InChI is InChI=1S/C14H11Cl2F4N3O2S/c1-6(14(18,19)20)21-12-10(9-7(15)4-3-5-8(9)17)11(16)22-13(23-12)26(2,24)25/h3-6H,1-2H3,(H,21,22,23). The number of hydrogen-bond acceptors (Lipinski definition) is 5. The van der Waals surface area contributed by atoms with E-state index in [2.05, 4.69) is 9.97 Å². The Morgan fingerprint density at radius 1 is 1.15 bits per heavy atom. The third kappa shape index (κ3) is 4.36. The van der Waals surface area contributed by atoms with Gasteiger partial charge in [-0.3, -0.25) is 0 Å². The van der Waals surface area contributed by atoms with Gasteiger partial charge in [0.15, 0.2) is 0 Å². The summed E-state index contributed by atoms with van der Waals surface area (Å²) in [6.07, 6.45) is -3.93. The second-order valence-electron chi connectivity index (χ2n) is 5.30. The molecular weight excluding hydrogens is 421 g/mol. The molecule has 1 aromatic heterocycles. The van der Waals surface area contributed by atoms with Crippen LogP contribution in [0.2, 0.25) is 10.2 Å². The van der Waals surface area contributed by atoms with Crippen molar-refractivity contribution in [1.29, 1.82) is 0 Å². The summed E-state index contributed by atoms with van der Waals surface area (Å²) in [6, 6.07) is 1.45. The predicted octanol–water partition coefficient (Wildman–Crippen LogP) is 4.36. The molecule has 0 aliphatic heterocycles. The van der Waals surface area contributed by atoms with E-state index in [9.17, 15) is 26.0 Å². The first-order valence-electron chi connectivity index (χ1n) is 6.87. The van der Waals surface area contributed by atoms with Crippen molar-refractivity contribution < 1.29 is 26.0 Å². The van der Waals surface area contributed by atoms with Gasteiger partial charge in [0.05, 0.1) is 10.6 Å². The molecule has 1 atom stereocenters. The molecule has 0 aliphatic carbocycles. The van der Waals surface area contributed by atoms with E-state index in [4.69, 9.17) is 23.2 Å². The molecule has 12 heteroatoms. The minimum Gasteiger partial charge on any atom is -0.358 e. The van der Waals surface area contributed by atoms with Crippen LogP contribution in [0.1, 0.15) is 6.92 Å². The van der Waals surface area contributed by atoms with Gasteiger partial charge >= 0.3 is 6.18 Å².